The van der Waals surface area contributed by atoms with E-state index in [1.54, 1.807) is 6.20 Å². The first-order valence-corrected chi connectivity index (χ1v) is 8.60. The average Bonchev–Trinajstić information content (AvgIpc) is 3.25. The van der Waals surface area contributed by atoms with E-state index in [0.29, 0.717) is 5.88 Å². The topological polar surface area (TPSA) is 56.1 Å². The average molecular weight is 327 g/mol. The highest BCUT2D eigenvalue weighted by Crippen LogP contribution is 2.16. The second-order valence-electron chi connectivity index (χ2n) is 6.19. The van der Waals surface area contributed by atoms with E-state index in [1.165, 1.54) is 25.9 Å². The molecule has 2 aromatic heterocycles. The highest BCUT2D eigenvalue weighted by atomic mass is 16.5. The predicted molar refractivity (Wildman–Crippen MR) is 93.4 cm³/mol. The van der Waals surface area contributed by atoms with E-state index in [4.69, 9.17) is 4.74 Å². The molecule has 0 amide bonds. The summed E-state index contributed by atoms with van der Waals surface area (Å²) >= 11 is 0. The van der Waals surface area contributed by atoms with Crippen molar-refractivity contribution in [1.29, 1.82) is 0 Å². The molecule has 24 heavy (non-hydrogen) atoms. The standard InChI is InChI=1S/C18H25N5O/c1-3-4-7-16(14-22-11-5-6-12-22)24-18-9-8-17(20-21-18)23-13-10-19-15(23)2/h3,8-10,13,16H,1,4-7,11-12,14H2,2H3/t16-/m1/s1. The van der Waals surface area contributed by atoms with E-state index >= 15 is 0 Å². The van der Waals surface area contributed by atoms with Crippen LogP contribution in [0.3, 0.4) is 0 Å². The SMILES string of the molecule is C=CCC[C@H](CN1CCCC1)Oc1ccc(-n2ccnc2C)nn1. The molecule has 1 fully saturated rings. The van der Waals surface area contributed by atoms with Crippen molar-refractivity contribution in [2.24, 2.45) is 0 Å². The van der Waals surface area contributed by atoms with Crippen molar-refractivity contribution in [3.8, 4) is 11.7 Å². The largest absolute Gasteiger partial charge is 0.472 e. The molecule has 0 aliphatic carbocycles. The highest BCUT2D eigenvalue weighted by Gasteiger charge is 2.19. The number of allylic oxidation sites excluding steroid dienone is 1. The third kappa shape index (κ3) is 4.20. The monoisotopic (exact) mass is 327 g/mol. The first-order chi connectivity index (χ1) is 11.8. The van der Waals surface area contributed by atoms with Crippen LogP contribution in [0.4, 0.5) is 0 Å². The number of ether oxygens (including phenoxy) is 1. The molecule has 1 saturated heterocycles. The first-order valence-electron chi connectivity index (χ1n) is 8.60. The lowest BCUT2D eigenvalue weighted by Crippen LogP contribution is -2.34. The molecule has 3 rings (SSSR count). The van der Waals surface area contributed by atoms with Gasteiger partial charge in [0.25, 0.3) is 0 Å². The van der Waals surface area contributed by atoms with E-state index in [2.05, 4.69) is 26.7 Å². The molecule has 0 spiro atoms. The number of rotatable bonds is 8. The minimum atomic E-state index is 0.122. The van der Waals surface area contributed by atoms with Crippen molar-refractivity contribution in [2.75, 3.05) is 19.6 Å². The molecule has 1 aliphatic rings. The summed E-state index contributed by atoms with van der Waals surface area (Å²) in [7, 11) is 0. The van der Waals surface area contributed by atoms with Gasteiger partial charge >= 0.3 is 0 Å². The summed E-state index contributed by atoms with van der Waals surface area (Å²) < 4.78 is 7.99. The molecule has 3 heterocycles. The Balaban J connectivity index is 1.64. The summed E-state index contributed by atoms with van der Waals surface area (Å²) in [5, 5.41) is 8.49. The van der Waals surface area contributed by atoms with Gasteiger partial charge in [0.05, 0.1) is 0 Å². The van der Waals surface area contributed by atoms with Gasteiger partial charge in [-0.2, -0.15) is 0 Å². The van der Waals surface area contributed by atoms with E-state index < -0.39 is 0 Å². The van der Waals surface area contributed by atoms with E-state index in [-0.39, 0.29) is 6.10 Å². The Morgan fingerprint density at radius 1 is 1.29 bits per heavy atom. The van der Waals surface area contributed by atoms with Crippen LogP contribution in [0.25, 0.3) is 5.82 Å². The van der Waals surface area contributed by atoms with Crippen molar-refractivity contribution in [3.63, 3.8) is 0 Å². The minimum absolute atomic E-state index is 0.122. The minimum Gasteiger partial charge on any atom is -0.472 e. The predicted octanol–water partition coefficient (Wildman–Crippen LogP) is 2.78. The quantitative estimate of drug-likeness (QED) is 0.698. The van der Waals surface area contributed by atoms with Crippen LogP contribution in [0.2, 0.25) is 0 Å². The maximum Gasteiger partial charge on any atom is 0.233 e. The van der Waals surface area contributed by atoms with Crippen LogP contribution in [0.15, 0.2) is 37.2 Å². The zero-order valence-corrected chi connectivity index (χ0v) is 14.3. The summed E-state index contributed by atoms with van der Waals surface area (Å²) in [6.45, 7) is 9.02. The maximum atomic E-state index is 6.09. The summed E-state index contributed by atoms with van der Waals surface area (Å²) in [5.41, 5.74) is 0. The molecule has 6 heteroatoms. The lowest BCUT2D eigenvalue weighted by Gasteiger charge is -2.23. The number of aromatic nitrogens is 4. The fourth-order valence-electron chi connectivity index (χ4n) is 3.04. The summed E-state index contributed by atoms with van der Waals surface area (Å²) in [6, 6.07) is 3.80. The Kier molecular flexibility index (Phi) is 5.59. The van der Waals surface area contributed by atoms with Gasteiger partial charge in [-0.15, -0.1) is 16.8 Å². The van der Waals surface area contributed by atoms with E-state index in [1.807, 2.05) is 35.9 Å². The zero-order chi connectivity index (χ0) is 16.8. The van der Waals surface area contributed by atoms with Crippen LogP contribution in [-0.2, 0) is 0 Å². The molecule has 0 unspecified atom stereocenters. The van der Waals surface area contributed by atoms with Gasteiger partial charge < -0.3 is 4.74 Å². The van der Waals surface area contributed by atoms with Gasteiger partial charge in [0, 0.05) is 25.0 Å². The van der Waals surface area contributed by atoms with Crippen LogP contribution < -0.4 is 4.74 Å². The van der Waals surface area contributed by atoms with Gasteiger partial charge in [0.2, 0.25) is 5.88 Å². The van der Waals surface area contributed by atoms with E-state index in [9.17, 15) is 0 Å². The van der Waals surface area contributed by atoms with Gasteiger partial charge in [-0.1, -0.05) is 6.08 Å². The molecule has 2 aromatic rings. The second kappa shape index (κ2) is 8.06. The van der Waals surface area contributed by atoms with Gasteiger partial charge in [-0.25, -0.2) is 4.98 Å². The van der Waals surface area contributed by atoms with Crippen molar-refractivity contribution in [1.82, 2.24) is 24.6 Å². The van der Waals surface area contributed by atoms with Crippen LogP contribution >= 0.6 is 0 Å². The van der Waals surface area contributed by atoms with Gasteiger partial charge in [0.15, 0.2) is 5.82 Å². The van der Waals surface area contributed by atoms with E-state index in [0.717, 1.165) is 31.0 Å². The molecule has 128 valence electrons. The molecular formula is C18H25N5O. The summed E-state index contributed by atoms with van der Waals surface area (Å²) in [5.74, 6) is 2.21. The zero-order valence-electron chi connectivity index (χ0n) is 14.3. The fraction of sp³-hybridized carbons (Fsp3) is 0.500. The highest BCUT2D eigenvalue weighted by molar-refractivity contribution is 5.25. The first kappa shape index (κ1) is 16.6. The number of imidazole rings is 1. The fourth-order valence-corrected chi connectivity index (χ4v) is 3.04. The smallest absolute Gasteiger partial charge is 0.233 e. The Morgan fingerprint density at radius 2 is 2.12 bits per heavy atom. The lowest BCUT2D eigenvalue weighted by molar-refractivity contribution is 0.133. The third-order valence-electron chi connectivity index (χ3n) is 4.34. The van der Waals surface area contributed by atoms with Crippen LogP contribution in [0, 0.1) is 6.92 Å². The molecule has 0 radical (unpaired) electrons. The molecule has 0 N–H and O–H groups in total. The van der Waals surface area contributed by atoms with Crippen molar-refractivity contribution in [2.45, 2.75) is 38.7 Å². The van der Waals surface area contributed by atoms with Crippen LogP contribution in [0.5, 0.6) is 5.88 Å². The number of likely N-dealkylation sites (tertiary alicyclic amines) is 1. The normalized spacial score (nSPS) is 16.2. The molecular weight excluding hydrogens is 302 g/mol. The summed E-state index contributed by atoms with van der Waals surface area (Å²) in [6.07, 6.45) is 10.2. The van der Waals surface area contributed by atoms with Crippen molar-refractivity contribution in [3.05, 3.63) is 43.0 Å². The van der Waals surface area contributed by atoms with Crippen LogP contribution in [0.1, 0.15) is 31.5 Å². The summed E-state index contributed by atoms with van der Waals surface area (Å²) in [4.78, 5) is 6.67. The lowest BCUT2D eigenvalue weighted by atomic mass is 10.2. The van der Waals surface area contributed by atoms with Gasteiger partial charge in [0.1, 0.15) is 11.9 Å². The molecule has 6 nitrogen and oxygen atoms in total. The number of hydrogen-bond acceptors (Lipinski definition) is 5. The van der Waals surface area contributed by atoms with Crippen molar-refractivity contribution < 1.29 is 4.74 Å². The number of hydrogen-bond donors (Lipinski definition) is 0. The third-order valence-corrected chi connectivity index (χ3v) is 4.34. The molecule has 0 bridgehead atoms. The molecule has 0 aromatic carbocycles. The Labute approximate surface area is 143 Å². The molecule has 0 saturated carbocycles. The second-order valence-corrected chi connectivity index (χ2v) is 6.19. The van der Waals surface area contributed by atoms with Crippen molar-refractivity contribution >= 4 is 0 Å². The Hall–Kier alpha value is -2.21. The molecule has 1 atom stereocenters. The Morgan fingerprint density at radius 3 is 2.75 bits per heavy atom. The van der Waals surface area contributed by atoms with Crippen LogP contribution in [-0.4, -0.2) is 50.4 Å². The van der Waals surface area contributed by atoms with Gasteiger partial charge in [-0.05, 0) is 51.8 Å². The van der Waals surface area contributed by atoms with Gasteiger partial charge in [-0.3, -0.25) is 9.47 Å². The Bertz CT molecular complexity index is 646. The maximum absolute atomic E-state index is 6.09. The molecule has 1 aliphatic heterocycles. The number of aryl methyl sites for hydroxylation is 1. The number of nitrogens with zero attached hydrogens (tertiary/aromatic N) is 5.